The van der Waals surface area contributed by atoms with Gasteiger partial charge in [0.05, 0.1) is 12.6 Å². The SMILES string of the molecule is CCOC(=O)N1CCCC(N2CCC(C3=CCC=NC3CC(C)C)CC2)CC1. The third kappa shape index (κ3) is 5.59. The fourth-order valence-corrected chi connectivity index (χ4v) is 5.12. The summed E-state index contributed by atoms with van der Waals surface area (Å²) in [6.45, 7) is 11.0. The number of dihydropyridines is 1. The van der Waals surface area contributed by atoms with Crippen molar-refractivity contribution < 1.29 is 9.53 Å². The first kappa shape index (κ1) is 21.4. The first-order valence-corrected chi connectivity index (χ1v) is 11.5. The first-order chi connectivity index (χ1) is 13.6. The fraction of sp³-hybridized carbons (Fsp3) is 0.826. The molecule has 0 aliphatic carbocycles. The summed E-state index contributed by atoms with van der Waals surface area (Å²) in [4.78, 5) is 21.5. The van der Waals surface area contributed by atoms with E-state index in [0.29, 0.717) is 30.5 Å². The van der Waals surface area contributed by atoms with E-state index in [4.69, 9.17) is 9.73 Å². The van der Waals surface area contributed by atoms with Gasteiger partial charge in [-0.25, -0.2) is 4.79 Å². The normalized spacial score (nSPS) is 27.6. The van der Waals surface area contributed by atoms with Gasteiger partial charge in [0.15, 0.2) is 0 Å². The molecule has 158 valence electrons. The summed E-state index contributed by atoms with van der Waals surface area (Å²) in [6, 6.07) is 1.03. The number of piperidine rings is 1. The fourth-order valence-electron chi connectivity index (χ4n) is 5.12. The van der Waals surface area contributed by atoms with E-state index >= 15 is 0 Å². The minimum absolute atomic E-state index is 0.136. The molecule has 5 heteroatoms. The minimum atomic E-state index is -0.136. The average molecular weight is 390 g/mol. The van der Waals surface area contributed by atoms with E-state index in [0.717, 1.165) is 32.4 Å². The molecule has 3 aliphatic rings. The average Bonchev–Trinajstić information content (AvgIpc) is 2.95. The van der Waals surface area contributed by atoms with Crippen molar-refractivity contribution in [1.29, 1.82) is 0 Å². The van der Waals surface area contributed by atoms with Crippen LogP contribution < -0.4 is 0 Å². The highest BCUT2D eigenvalue weighted by atomic mass is 16.6. The van der Waals surface area contributed by atoms with E-state index in [-0.39, 0.29) is 6.09 Å². The lowest BCUT2D eigenvalue weighted by Crippen LogP contribution is -2.43. The molecule has 0 N–H and O–H groups in total. The lowest BCUT2D eigenvalue weighted by molar-refractivity contribution is 0.104. The molecule has 0 aromatic carbocycles. The van der Waals surface area contributed by atoms with Gasteiger partial charge in [0.2, 0.25) is 0 Å². The third-order valence-corrected chi connectivity index (χ3v) is 6.56. The van der Waals surface area contributed by atoms with Gasteiger partial charge in [0, 0.05) is 31.8 Å². The second kappa shape index (κ2) is 10.4. The Kier molecular flexibility index (Phi) is 7.95. The molecular formula is C23H39N3O2. The Bertz CT molecular complexity index is 564. The highest BCUT2D eigenvalue weighted by Crippen LogP contribution is 2.34. The van der Waals surface area contributed by atoms with Crippen LogP contribution in [0.2, 0.25) is 0 Å². The zero-order valence-electron chi connectivity index (χ0n) is 18.1. The highest BCUT2D eigenvalue weighted by Gasteiger charge is 2.31. The lowest BCUT2D eigenvalue weighted by Gasteiger charge is -2.39. The van der Waals surface area contributed by atoms with Gasteiger partial charge in [-0.15, -0.1) is 0 Å². The van der Waals surface area contributed by atoms with Crippen molar-refractivity contribution in [3.63, 3.8) is 0 Å². The van der Waals surface area contributed by atoms with Gasteiger partial charge in [-0.05, 0) is 75.9 Å². The van der Waals surface area contributed by atoms with E-state index in [1.165, 1.54) is 38.8 Å². The maximum Gasteiger partial charge on any atom is 0.409 e. The van der Waals surface area contributed by atoms with Crippen LogP contribution in [0.3, 0.4) is 0 Å². The molecule has 2 unspecified atom stereocenters. The molecular weight excluding hydrogens is 350 g/mol. The molecule has 3 heterocycles. The largest absolute Gasteiger partial charge is 0.450 e. The maximum absolute atomic E-state index is 12.0. The molecule has 0 bridgehead atoms. The Balaban J connectivity index is 1.50. The van der Waals surface area contributed by atoms with Crippen molar-refractivity contribution in [2.45, 2.75) is 77.8 Å². The van der Waals surface area contributed by atoms with E-state index in [1.54, 1.807) is 5.57 Å². The molecule has 2 saturated heterocycles. The van der Waals surface area contributed by atoms with Gasteiger partial charge in [-0.3, -0.25) is 4.99 Å². The number of carbonyl (C=O) groups is 1. The van der Waals surface area contributed by atoms with Gasteiger partial charge in [-0.1, -0.05) is 19.9 Å². The van der Waals surface area contributed by atoms with E-state index < -0.39 is 0 Å². The van der Waals surface area contributed by atoms with Crippen LogP contribution >= 0.6 is 0 Å². The topological polar surface area (TPSA) is 45.1 Å². The summed E-state index contributed by atoms with van der Waals surface area (Å²) in [5, 5.41) is 0. The van der Waals surface area contributed by atoms with Crippen molar-refractivity contribution in [3.8, 4) is 0 Å². The molecule has 1 amide bonds. The van der Waals surface area contributed by atoms with Gasteiger partial charge in [0.1, 0.15) is 0 Å². The zero-order valence-corrected chi connectivity index (χ0v) is 18.1. The van der Waals surface area contributed by atoms with Gasteiger partial charge in [-0.2, -0.15) is 0 Å². The molecule has 0 saturated carbocycles. The molecule has 5 nitrogen and oxygen atoms in total. The number of rotatable bonds is 5. The number of amides is 1. The second-order valence-corrected chi connectivity index (χ2v) is 9.00. The summed E-state index contributed by atoms with van der Waals surface area (Å²) in [6.07, 6.45) is 12.5. The number of ether oxygens (including phenoxy) is 1. The van der Waals surface area contributed by atoms with Crippen LogP contribution in [0.1, 0.15) is 65.7 Å². The van der Waals surface area contributed by atoms with Crippen LogP contribution in [0.4, 0.5) is 4.79 Å². The second-order valence-electron chi connectivity index (χ2n) is 9.00. The van der Waals surface area contributed by atoms with E-state index in [2.05, 4.69) is 31.0 Å². The highest BCUT2D eigenvalue weighted by molar-refractivity contribution is 5.67. The van der Waals surface area contributed by atoms with Gasteiger partial charge in [0.25, 0.3) is 0 Å². The number of hydrogen-bond donors (Lipinski definition) is 0. The number of likely N-dealkylation sites (tertiary alicyclic amines) is 2. The third-order valence-electron chi connectivity index (χ3n) is 6.56. The molecule has 0 radical (unpaired) electrons. The summed E-state index contributed by atoms with van der Waals surface area (Å²) in [5.74, 6) is 1.40. The van der Waals surface area contributed by atoms with Crippen molar-refractivity contribution in [3.05, 3.63) is 11.6 Å². The Hall–Kier alpha value is -1.36. The van der Waals surface area contributed by atoms with Crippen LogP contribution in [0.25, 0.3) is 0 Å². The summed E-state index contributed by atoms with van der Waals surface area (Å²) in [7, 11) is 0. The molecule has 28 heavy (non-hydrogen) atoms. The molecule has 0 spiro atoms. The predicted molar refractivity (Wildman–Crippen MR) is 115 cm³/mol. The zero-order chi connectivity index (χ0) is 19.9. The van der Waals surface area contributed by atoms with Gasteiger partial charge < -0.3 is 14.5 Å². The molecule has 3 rings (SSSR count). The van der Waals surface area contributed by atoms with Crippen molar-refractivity contribution >= 4 is 12.3 Å². The molecule has 0 aromatic heterocycles. The van der Waals surface area contributed by atoms with Crippen molar-refractivity contribution in [1.82, 2.24) is 9.80 Å². The van der Waals surface area contributed by atoms with Crippen LogP contribution in [-0.4, -0.2) is 67.0 Å². The molecule has 0 aromatic rings. The smallest absolute Gasteiger partial charge is 0.409 e. The van der Waals surface area contributed by atoms with E-state index in [9.17, 15) is 4.79 Å². The lowest BCUT2D eigenvalue weighted by atomic mass is 9.81. The molecule has 3 aliphatic heterocycles. The first-order valence-electron chi connectivity index (χ1n) is 11.5. The maximum atomic E-state index is 12.0. The minimum Gasteiger partial charge on any atom is -0.450 e. The Morgan fingerprint density at radius 3 is 2.68 bits per heavy atom. The van der Waals surface area contributed by atoms with Crippen LogP contribution in [0.15, 0.2) is 16.6 Å². The Morgan fingerprint density at radius 1 is 1.18 bits per heavy atom. The van der Waals surface area contributed by atoms with E-state index in [1.807, 2.05) is 11.8 Å². The van der Waals surface area contributed by atoms with Crippen LogP contribution in [-0.2, 0) is 4.74 Å². The summed E-state index contributed by atoms with van der Waals surface area (Å²) < 4.78 is 5.19. The van der Waals surface area contributed by atoms with Gasteiger partial charge >= 0.3 is 6.09 Å². The van der Waals surface area contributed by atoms with Crippen LogP contribution in [0.5, 0.6) is 0 Å². The number of hydrogen-bond acceptors (Lipinski definition) is 4. The number of aliphatic imine (C=N–C) groups is 1. The Morgan fingerprint density at radius 2 is 1.96 bits per heavy atom. The summed E-state index contributed by atoms with van der Waals surface area (Å²) in [5.41, 5.74) is 1.62. The molecule has 2 atom stereocenters. The Labute approximate surface area is 171 Å². The number of carbonyl (C=O) groups excluding carboxylic acids is 1. The van der Waals surface area contributed by atoms with Crippen molar-refractivity contribution in [2.75, 3.05) is 32.8 Å². The van der Waals surface area contributed by atoms with Crippen LogP contribution in [0, 0.1) is 11.8 Å². The predicted octanol–water partition coefficient (Wildman–Crippen LogP) is 4.53. The monoisotopic (exact) mass is 389 g/mol. The van der Waals surface area contributed by atoms with Crippen molar-refractivity contribution in [2.24, 2.45) is 16.8 Å². The number of nitrogens with zero attached hydrogens (tertiary/aromatic N) is 3. The quantitative estimate of drug-likeness (QED) is 0.649. The summed E-state index contributed by atoms with van der Waals surface area (Å²) >= 11 is 0. The standard InChI is InChI=1S/C23H39N3O2/c1-4-28-23(27)26-13-6-7-20(11-16-26)25-14-9-19(10-15-25)21-8-5-12-24-22(21)17-18(2)3/h8,12,18-20,22H,4-7,9-11,13-17H2,1-3H3. The number of allylic oxidation sites excluding steroid dienone is 1. The molecule has 2 fully saturated rings.